The zero-order valence-corrected chi connectivity index (χ0v) is 14.5. The number of halogens is 1. The first-order valence-electron chi connectivity index (χ1n) is 8.89. The SMILES string of the molecule is N#Cc1ccc(Cl)cc1NC(=O)C[NH2+]C12CC3CC(CC(C3)C1)C2. The van der Waals surface area contributed by atoms with Gasteiger partial charge in [0.25, 0.3) is 5.91 Å². The molecule has 0 aliphatic heterocycles. The molecular weight excluding hydrogens is 322 g/mol. The van der Waals surface area contributed by atoms with E-state index in [9.17, 15) is 4.79 Å². The first kappa shape index (κ1) is 15.9. The summed E-state index contributed by atoms with van der Waals surface area (Å²) in [6.45, 7) is 0.420. The second kappa shape index (κ2) is 6.06. The summed E-state index contributed by atoms with van der Waals surface area (Å²) in [6.07, 6.45) is 8.04. The van der Waals surface area contributed by atoms with Crippen molar-refractivity contribution in [3.05, 3.63) is 28.8 Å². The van der Waals surface area contributed by atoms with Crippen molar-refractivity contribution in [2.45, 2.75) is 44.1 Å². The fraction of sp³-hybridized carbons (Fsp3) is 0.579. The average Bonchev–Trinajstić information content (AvgIpc) is 2.52. The molecule has 5 heteroatoms. The minimum absolute atomic E-state index is 0.0514. The van der Waals surface area contributed by atoms with Crippen LogP contribution in [0.3, 0.4) is 0 Å². The summed E-state index contributed by atoms with van der Waals surface area (Å²) in [5, 5.41) is 14.8. The third kappa shape index (κ3) is 3.03. The van der Waals surface area contributed by atoms with E-state index in [1.54, 1.807) is 18.2 Å². The molecule has 4 aliphatic rings. The number of carbonyl (C=O) groups excluding carboxylic acids is 1. The molecule has 4 aliphatic carbocycles. The van der Waals surface area contributed by atoms with Gasteiger partial charge >= 0.3 is 0 Å². The monoisotopic (exact) mass is 344 g/mol. The Bertz CT molecular complexity index is 674. The average molecular weight is 345 g/mol. The molecule has 0 atom stereocenters. The van der Waals surface area contributed by atoms with Crippen molar-refractivity contribution in [3.8, 4) is 6.07 Å². The molecule has 1 amide bonds. The highest BCUT2D eigenvalue weighted by Crippen LogP contribution is 2.54. The van der Waals surface area contributed by atoms with Crippen LogP contribution >= 0.6 is 11.6 Å². The van der Waals surface area contributed by atoms with Crippen molar-refractivity contribution >= 4 is 23.2 Å². The standard InChI is InChI=1S/C19H22ClN3O/c20-16-2-1-15(10-21)17(6-16)23-18(24)11-22-19-7-12-3-13(8-19)5-14(4-12)9-19/h1-2,6,12-14,22H,3-5,7-9,11H2,(H,23,24)/p+1. The van der Waals surface area contributed by atoms with Gasteiger partial charge in [-0.1, -0.05) is 11.6 Å². The lowest BCUT2D eigenvalue weighted by Crippen LogP contribution is -3.00. The number of hydrogen-bond acceptors (Lipinski definition) is 2. The zero-order valence-electron chi connectivity index (χ0n) is 13.7. The summed E-state index contributed by atoms with van der Waals surface area (Å²) in [7, 11) is 0. The smallest absolute Gasteiger partial charge is 0.279 e. The molecule has 24 heavy (non-hydrogen) atoms. The Morgan fingerprint density at radius 1 is 1.25 bits per heavy atom. The van der Waals surface area contributed by atoms with Crippen LogP contribution in [0.5, 0.6) is 0 Å². The van der Waals surface area contributed by atoms with Gasteiger partial charge in [0.05, 0.1) is 16.8 Å². The molecule has 0 aromatic heterocycles. The van der Waals surface area contributed by atoms with Crippen molar-refractivity contribution in [1.29, 1.82) is 5.26 Å². The number of nitriles is 1. The minimum Gasteiger partial charge on any atom is -0.334 e. The van der Waals surface area contributed by atoms with Gasteiger partial charge in [-0.3, -0.25) is 4.79 Å². The number of benzene rings is 1. The van der Waals surface area contributed by atoms with E-state index >= 15 is 0 Å². The summed E-state index contributed by atoms with van der Waals surface area (Å²) in [6, 6.07) is 7.04. The molecule has 126 valence electrons. The highest BCUT2D eigenvalue weighted by atomic mass is 35.5. The molecule has 0 saturated heterocycles. The summed E-state index contributed by atoms with van der Waals surface area (Å²) in [4.78, 5) is 12.4. The Labute approximate surface area is 147 Å². The summed E-state index contributed by atoms with van der Waals surface area (Å²) < 4.78 is 0. The van der Waals surface area contributed by atoms with Crippen LogP contribution in [-0.2, 0) is 4.79 Å². The molecule has 4 fully saturated rings. The van der Waals surface area contributed by atoms with E-state index in [-0.39, 0.29) is 5.91 Å². The molecule has 4 saturated carbocycles. The number of nitrogens with two attached hydrogens (primary N) is 1. The molecule has 0 heterocycles. The first-order valence-corrected chi connectivity index (χ1v) is 9.27. The van der Waals surface area contributed by atoms with Crippen LogP contribution in [0.2, 0.25) is 5.02 Å². The second-order valence-electron chi connectivity index (χ2n) is 8.04. The van der Waals surface area contributed by atoms with Crippen molar-refractivity contribution in [3.63, 3.8) is 0 Å². The number of hydrogen-bond donors (Lipinski definition) is 2. The molecule has 0 unspecified atom stereocenters. The highest BCUT2D eigenvalue weighted by Gasteiger charge is 2.53. The topological polar surface area (TPSA) is 69.5 Å². The fourth-order valence-electron chi connectivity index (χ4n) is 5.66. The second-order valence-corrected chi connectivity index (χ2v) is 8.47. The van der Waals surface area contributed by atoms with Crippen LogP contribution in [0.15, 0.2) is 18.2 Å². The maximum Gasteiger partial charge on any atom is 0.279 e. The molecule has 0 radical (unpaired) electrons. The van der Waals surface area contributed by atoms with E-state index in [1.807, 2.05) is 0 Å². The molecule has 1 aromatic carbocycles. The lowest BCUT2D eigenvalue weighted by atomic mass is 9.53. The van der Waals surface area contributed by atoms with Gasteiger partial charge in [0, 0.05) is 24.3 Å². The van der Waals surface area contributed by atoms with Gasteiger partial charge < -0.3 is 10.6 Å². The third-order valence-electron chi connectivity index (χ3n) is 6.18. The van der Waals surface area contributed by atoms with Gasteiger partial charge in [-0.25, -0.2) is 0 Å². The highest BCUT2D eigenvalue weighted by molar-refractivity contribution is 6.31. The minimum atomic E-state index is -0.0514. The zero-order chi connectivity index (χ0) is 16.7. The van der Waals surface area contributed by atoms with E-state index in [2.05, 4.69) is 16.7 Å². The lowest BCUT2D eigenvalue weighted by Gasteiger charge is -2.54. The van der Waals surface area contributed by atoms with Crippen molar-refractivity contribution in [1.82, 2.24) is 0 Å². The predicted octanol–water partition coefficient (Wildman–Crippen LogP) is 2.68. The first-order chi connectivity index (χ1) is 11.5. The largest absolute Gasteiger partial charge is 0.334 e. The summed E-state index contributed by atoms with van der Waals surface area (Å²) >= 11 is 5.98. The maximum absolute atomic E-state index is 12.4. The van der Waals surface area contributed by atoms with E-state index in [0.29, 0.717) is 28.4 Å². The Morgan fingerprint density at radius 3 is 2.46 bits per heavy atom. The predicted molar refractivity (Wildman–Crippen MR) is 92.5 cm³/mol. The van der Waals surface area contributed by atoms with Gasteiger partial charge in [0.15, 0.2) is 6.54 Å². The number of amides is 1. The molecule has 0 spiro atoms. The Balaban J connectivity index is 1.39. The number of anilines is 1. The normalized spacial score (nSPS) is 33.2. The quantitative estimate of drug-likeness (QED) is 0.881. The van der Waals surface area contributed by atoms with Crippen LogP contribution in [0, 0.1) is 29.1 Å². The maximum atomic E-state index is 12.4. The molecule has 1 aromatic rings. The van der Waals surface area contributed by atoms with Crippen molar-refractivity contribution < 1.29 is 10.1 Å². The van der Waals surface area contributed by atoms with E-state index in [4.69, 9.17) is 16.9 Å². The summed E-state index contributed by atoms with van der Waals surface area (Å²) in [5.41, 5.74) is 1.25. The third-order valence-corrected chi connectivity index (χ3v) is 6.42. The van der Waals surface area contributed by atoms with E-state index < -0.39 is 0 Å². The van der Waals surface area contributed by atoms with Crippen LogP contribution in [0.1, 0.15) is 44.1 Å². The molecule has 5 rings (SSSR count). The fourth-order valence-corrected chi connectivity index (χ4v) is 5.83. The van der Waals surface area contributed by atoms with Crippen LogP contribution < -0.4 is 10.6 Å². The number of nitrogens with zero attached hydrogens (tertiary/aromatic N) is 1. The van der Waals surface area contributed by atoms with Gasteiger partial charge in [-0.05, 0) is 55.2 Å². The van der Waals surface area contributed by atoms with E-state index in [1.165, 1.54) is 38.5 Å². The van der Waals surface area contributed by atoms with Crippen LogP contribution in [0.4, 0.5) is 5.69 Å². The van der Waals surface area contributed by atoms with Crippen molar-refractivity contribution in [2.75, 3.05) is 11.9 Å². The van der Waals surface area contributed by atoms with E-state index in [0.717, 1.165) is 17.8 Å². The van der Waals surface area contributed by atoms with Gasteiger partial charge in [0.2, 0.25) is 0 Å². The molecule has 3 N–H and O–H groups in total. The number of rotatable bonds is 4. The molecule has 4 bridgehead atoms. The lowest BCUT2D eigenvalue weighted by molar-refractivity contribution is -0.729. The van der Waals surface area contributed by atoms with Gasteiger partial charge in [-0.2, -0.15) is 5.26 Å². The molecular formula is C19H23ClN3O+. The van der Waals surface area contributed by atoms with Crippen molar-refractivity contribution in [2.24, 2.45) is 17.8 Å². The Morgan fingerprint density at radius 2 is 1.88 bits per heavy atom. The molecule has 4 nitrogen and oxygen atoms in total. The van der Waals surface area contributed by atoms with Gasteiger partial charge in [-0.15, -0.1) is 0 Å². The van der Waals surface area contributed by atoms with Gasteiger partial charge in [0.1, 0.15) is 6.07 Å². The Hall–Kier alpha value is -1.57. The van der Waals surface area contributed by atoms with Crippen LogP contribution in [0.25, 0.3) is 0 Å². The number of quaternary nitrogens is 1. The van der Waals surface area contributed by atoms with Crippen LogP contribution in [-0.4, -0.2) is 18.0 Å². The summed E-state index contributed by atoms with van der Waals surface area (Å²) in [5.74, 6) is 2.60. The Kier molecular flexibility index (Phi) is 4.02. The number of carbonyl (C=O) groups is 1. The number of nitrogens with one attached hydrogen (secondary N) is 1.